The molecule has 0 radical (unpaired) electrons. The molecule has 8 heteroatoms. The number of phenolic OH excluding ortho intramolecular Hbond substituents is 1. The van der Waals surface area contributed by atoms with Crippen molar-refractivity contribution in [3.63, 3.8) is 0 Å². The first kappa shape index (κ1) is 32.0. The highest BCUT2D eigenvalue weighted by atomic mass is 35.5. The normalized spacial score (nSPS) is 14.5. The van der Waals surface area contributed by atoms with Crippen LogP contribution in [-0.2, 0) is 23.8 Å². The monoisotopic (exact) mass is 563 g/mol. The van der Waals surface area contributed by atoms with Gasteiger partial charge < -0.3 is 19.6 Å². The van der Waals surface area contributed by atoms with Gasteiger partial charge in [0.1, 0.15) is 17.8 Å². The molecule has 2 N–H and O–H groups in total. The van der Waals surface area contributed by atoms with Crippen molar-refractivity contribution in [2.75, 3.05) is 32.8 Å². The van der Waals surface area contributed by atoms with Crippen LogP contribution in [0.5, 0.6) is 11.5 Å². The highest BCUT2D eigenvalue weighted by molar-refractivity contribution is 5.85. The summed E-state index contributed by atoms with van der Waals surface area (Å²) in [5, 5.41) is 14.4. The first-order chi connectivity index (χ1) is 17.0. The molecule has 0 saturated carbocycles. The van der Waals surface area contributed by atoms with E-state index in [1.807, 2.05) is 24.3 Å². The minimum atomic E-state index is -0.204. The standard InChI is InChI=1S/C30H41N3O3.2ClH/c1-29(2,3)25-17-22(18-26(27(25)34)30(4,5)6)28-32-23(20-36-28)11-16-35-24-9-7-21(8-10-24)19-33-14-12-31-13-15-33;;/h7-10,17-18,20,31,34H,11-16,19H2,1-6H3;2*1H. The highest BCUT2D eigenvalue weighted by Gasteiger charge is 2.27. The fourth-order valence-corrected chi connectivity index (χ4v) is 4.55. The lowest BCUT2D eigenvalue weighted by Gasteiger charge is -2.27. The van der Waals surface area contributed by atoms with Crippen LogP contribution >= 0.6 is 24.8 Å². The molecule has 1 aliphatic rings. The largest absolute Gasteiger partial charge is 0.507 e. The Balaban J connectivity index is 0.00000253. The van der Waals surface area contributed by atoms with E-state index in [0.717, 1.165) is 60.9 Å². The lowest BCUT2D eigenvalue weighted by molar-refractivity contribution is 0.233. The molecule has 0 unspecified atom stereocenters. The maximum absolute atomic E-state index is 11.0. The van der Waals surface area contributed by atoms with Crippen LogP contribution in [0.15, 0.2) is 47.1 Å². The molecule has 1 fully saturated rings. The van der Waals surface area contributed by atoms with Gasteiger partial charge in [0.2, 0.25) is 5.89 Å². The van der Waals surface area contributed by atoms with Crippen LogP contribution in [0, 0.1) is 0 Å². The van der Waals surface area contributed by atoms with Gasteiger partial charge >= 0.3 is 0 Å². The van der Waals surface area contributed by atoms with Crippen molar-refractivity contribution in [3.8, 4) is 23.0 Å². The Hall–Kier alpha value is -2.25. The van der Waals surface area contributed by atoms with Crippen molar-refractivity contribution in [3.05, 3.63) is 65.0 Å². The lowest BCUT2D eigenvalue weighted by atomic mass is 9.78. The molecule has 210 valence electrons. The molecule has 1 aliphatic heterocycles. The Labute approximate surface area is 240 Å². The molecule has 0 amide bonds. The topological polar surface area (TPSA) is 70.8 Å². The summed E-state index contributed by atoms with van der Waals surface area (Å²) >= 11 is 0. The van der Waals surface area contributed by atoms with Gasteiger partial charge in [0.25, 0.3) is 0 Å². The molecular weight excluding hydrogens is 521 g/mol. The Bertz CT molecular complexity index is 1120. The van der Waals surface area contributed by atoms with Crippen LogP contribution < -0.4 is 10.1 Å². The third-order valence-corrected chi connectivity index (χ3v) is 6.69. The number of aromatic nitrogens is 1. The number of phenols is 1. The summed E-state index contributed by atoms with van der Waals surface area (Å²) in [6.07, 6.45) is 2.36. The van der Waals surface area contributed by atoms with E-state index in [9.17, 15) is 5.11 Å². The summed E-state index contributed by atoms with van der Waals surface area (Å²) in [4.78, 5) is 7.20. The molecule has 4 rings (SSSR count). The minimum absolute atomic E-state index is 0. The molecule has 3 aromatic rings. The van der Waals surface area contributed by atoms with Gasteiger partial charge in [-0.3, -0.25) is 4.90 Å². The van der Waals surface area contributed by atoms with Crippen molar-refractivity contribution in [1.29, 1.82) is 0 Å². The van der Waals surface area contributed by atoms with Crippen molar-refractivity contribution in [2.45, 2.75) is 65.3 Å². The first-order valence-corrected chi connectivity index (χ1v) is 13.0. The fraction of sp³-hybridized carbons (Fsp3) is 0.500. The molecule has 1 aromatic heterocycles. The predicted octanol–water partition coefficient (Wildman–Crippen LogP) is 6.51. The van der Waals surface area contributed by atoms with Gasteiger partial charge in [-0.2, -0.15) is 0 Å². The van der Waals surface area contributed by atoms with Crippen LogP contribution in [0.25, 0.3) is 11.5 Å². The molecule has 2 aromatic carbocycles. The molecule has 2 heterocycles. The van der Waals surface area contributed by atoms with Crippen LogP contribution in [0.3, 0.4) is 0 Å². The van der Waals surface area contributed by atoms with Gasteiger partial charge in [-0.05, 0) is 40.7 Å². The summed E-state index contributed by atoms with van der Waals surface area (Å²) in [5.74, 6) is 1.79. The maximum Gasteiger partial charge on any atom is 0.226 e. The average Bonchev–Trinajstić information content (AvgIpc) is 3.28. The number of piperazine rings is 1. The molecule has 6 nitrogen and oxygen atoms in total. The summed E-state index contributed by atoms with van der Waals surface area (Å²) in [5.41, 5.74) is 4.43. The zero-order chi connectivity index (χ0) is 25.9. The quantitative estimate of drug-likeness (QED) is 0.341. The summed E-state index contributed by atoms with van der Waals surface area (Å²) in [7, 11) is 0. The van der Waals surface area contributed by atoms with Crippen molar-refractivity contribution in [1.82, 2.24) is 15.2 Å². The highest BCUT2D eigenvalue weighted by Crippen LogP contribution is 2.41. The van der Waals surface area contributed by atoms with Crippen LogP contribution in [0.1, 0.15) is 63.9 Å². The number of ether oxygens (including phenoxy) is 1. The lowest BCUT2D eigenvalue weighted by Crippen LogP contribution is -2.42. The Morgan fingerprint density at radius 3 is 2.08 bits per heavy atom. The van der Waals surface area contributed by atoms with E-state index < -0.39 is 0 Å². The van der Waals surface area contributed by atoms with E-state index in [1.54, 1.807) is 6.26 Å². The molecule has 38 heavy (non-hydrogen) atoms. The number of aromatic hydroxyl groups is 1. The van der Waals surface area contributed by atoms with Crippen LogP contribution in [0.2, 0.25) is 0 Å². The summed E-state index contributed by atoms with van der Waals surface area (Å²) in [6, 6.07) is 12.4. The van der Waals surface area contributed by atoms with Gasteiger partial charge in [-0.1, -0.05) is 53.7 Å². The van der Waals surface area contributed by atoms with E-state index >= 15 is 0 Å². The second-order valence-electron chi connectivity index (χ2n) is 11.8. The Kier molecular flexibility index (Phi) is 11.1. The smallest absolute Gasteiger partial charge is 0.226 e. The second-order valence-corrected chi connectivity index (χ2v) is 11.8. The minimum Gasteiger partial charge on any atom is -0.507 e. The zero-order valence-corrected chi connectivity index (χ0v) is 25.1. The molecule has 0 atom stereocenters. The van der Waals surface area contributed by atoms with Gasteiger partial charge in [0, 0.05) is 55.8 Å². The number of oxazole rings is 1. The number of hydrogen-bond acceptors (Lipinski definition) is 6. The molecular formula is C30H43Cl2N3O3. The number of hydrogen-bond donors (Lipinski definition) is 2. The molecule has 0 spiro atoms. The first-order valence-electron chi connectivity index (χ1n) is 13.0. The average molecular weight is 565 g/mol. The van der Waals surface area contributed by atoms with Crippen molar-refractivity contribution >= 4 is 24.8 Å². The van der Waals surface area contributed by atoms with Crippen LogP contribution in [0.4, 0.5) is 0 Å². The number of nitrogens with zero attached hydrogens (tertiary/aromatic N) is 2. The summed E-state index contributed by atoms with van der Waals surface area (Å²) in [6.45, 7) is 18.5. The van der Waals surface area contributed by atoms with Crippen LogP contribution in [-0.4, -0.2) is 47.8 Å². The van der Waals surface area contributed by atoms with Gasteiger partial charge in [0.15, 0.2) is 0 Å². The van der Waals surface area contributed by atoms with Crippen molar-refractivity contribution < 1.29 is 14.3 Å². The second kappa shape index (κ2) is 13.2. The fourth-order valence-electron chi connectivity index (χ4n) is 4.55. The maximum atomic E-state index is 11.0. The number of rotatable bonds is 7. The Morgan fingerprint density at radius 1 is 0.947 bits per heavy atom. The SMILES string of the molecule is CC(C)(C)c1cc(-c2nc(CCOc3ccc(CN4CCNCC4)cc3)co2)cc(C(C)(C)C)c1O.Cl.Cl. The van der Waals surface area contributed by atoms with E-state index in [-0.39, 0.29) is 35.6 Å². The number of benzene rings is 2. The van der Waals surface area contributed by atoms with Gasteiger partial charge in [-0.15, -0.1) is 24.8 Å². The predicted molar refractivity (Wildman–Crippen MR) is 159 cm³/mol. The zero-order valence-electron chi connectivity index (χ0n) is 23.5. The van der Waals surface area contributed by atoms with Gasteiger partial charge in [-0.25, -0.2) is 4.98 Å². The van der Waals surface area contributed by atoms with Crippen molar-refractivity contribution in [2.24, 2.45) is 0 Å². The van der Waals surface area contributed by atoms with E-state index in [0.29, 0.717) is 24.7 Å². The molecule has 0 bridgehead atoms. The Morgan fingerprint density at radius 2 is 1.53 bits per heavy atom. The summed E-state index contributed by atoms with van der Waals surface area (Å²) < 4.78 is 11.8. The number of nitrogens with one attached hydrogen (secondary N) is 1. The molecule has 1 saturated heterocycles. The van der Waals surface area contributed by atoms with E-state index in [1.165, 1.54) is 5.56 Å². The third-order valence-electron chi connectivity index (χ3n) is 6.69. The third kappa shape index (κ3) is 8.12. The van der Waals surface area contributed by atoms with Gasteiger partial charge in [0.05, 0.1) is 12.3 Å². The molecule has 0 aliphatic carbocycles. The number of halogens is 2. The van der Waals surface area contributed by atoms with E-state index in [4.69, 9.17) is 14.1 Å². The van der Waals surface area contributed by atoms with E-state index in [2.05, 4.69) is 63.9 Å².